The number of rotatable bonds is 6. The van der Waals surface area contributed by atoms with Gasteiger partial charge in [0.15, 0.2) is 0 Å². The lowest BCUT2D eigenvalue weighted by atomic mass is 9.91. The summed E-state index contributed by atoms with van der Waals surface area (Å²) in [6.07, 6.45) is 5.03. The van der Waals surface area contributed by atoms with Crippen molar-refractivity contribution in [3.05, 3.63) is 0 Å². The van der Waals surface area contributed by atoms with Gasteiger partial charge >= 0.3 is 0 Å². The first kappa shape index (κ1) is 12.3. The Balaban J connectivity index is 3.59. The SMILES string of the molecule is CCC[C@H](C)C[C@H](C)C(Cl)CC. The van der Waals surface area contributed by atoms with Gasteiger partial charge in [0.1, 0.15) is 0 Å². The van der Waals surface area contributed by atoms with Crippen LogP contribution in [0, 0.1) is 11.8 Å². The van der Waals surface area contributed by atoms with E-state index in [1.807, 2.05) is 0 Å². The van der Waals surface area contributed by atoms with Crippen molar-refractivity contribution in [3.8, 4) is 0 Å². The third kappa shape index (κ3) is 5.03. The molecular formula is C11H23Cl. The second kappa shape index (κ2) is 6.77. The van der Waals surface area contributed by atoms with Gasteiger partial charge in [0.2, 0.25) is 0 Å². The highest BCUT2D eigenvalue weighted by molar-refractivity contribution is 6.20. The van der Waals surface area contributed by atoms with Crippen LogP contribution in [0.25, 0.3) is 0 Å². The van der Waals surface area contributed by atoms with Gasteiger partial charge in [-0.05, 0) is 24.7 Å². The summed E-state index contributed by atoms with van der Waals surface area (Å²) in [5, 5.41) is 0.379. The predicted molar refractivity (Wildman–Crippen MR) is 57.8 cm³/mol. The molecule has 12 heavy (non-hydrogen) atoms. The lowest BCUT2D eigenvalue weighted by Crippen LogP contribution is -2.13. The maximum absolute atomic E-state index is 6.16. The zero-order valence-corrected chi connectivity index (χ0v) is 9.69. The van der Waals surface area contributed by atoms with Crippen LogP contribution < -0.4 is 0 Å². The zero-order valence-electron chi connectivity index (χ0n) is 8.94. The average molecular weight is 191 g/mol. The highest BCUT2D eigenvalue weighted by Gasteiger charge is 2.14. The van der Waals surface area contributed by atoms with Crippen LogP contribution in [0.2, 0.25) is 0 Å². The highest BCUT2D eigenvalue weighted by atomic mass is 35.5. The Morgan fingerprint density at radius 1 is 1.17 bits per heavy atom. The van der Waals surface area contributed by atoms with Gasteiger partial charge in [0, 0.05) is 5.38 Å². The minimum atomic E-state index is 0.379. The Morgan fingerprint density at radius 2 is 1.75 bits per heavy atom. The predicted octanol–water partition coefficient (Wildman–Crippen LogP) is 4.47. The molecule has 74 valence electrons. The lowest BCUT2D eigenvalue weighted by Gasteiger charge is -2.20. The third-order valence-corrected chi connectivity index (χ3v) is 3.30. The molecule has 0 rings (SSSR count). The van der Waals surface area contributed by atoms with Gasteiger partial charge in [0.25, 0.3) is 0 Å². The van der Waals surface area contributed by atoms with Crippen LogP contribution in [0.3, 0.4) is 0 Å². The van der Waals surface area contributed by atoms with E-state index in [2.05, 4.69) is 27.7 Å². The third-order valence-electron chi connectivity index (χ3n) is 2.56. The van der Waals surface area contributed by atoms with Gasteiger partial charge in [-0.2, -0.15) is 0 Å². The Kier molecular flexibility index (Phi) is 6.93. The maximum atomic E-state index is 6.16. The topological polar surface area (TPSA) is 0 Å². The van der Waals surface area contributed by atoms with E-state index in [1.54, 1.807) is 0 Å². The average Bonchev–Trinajstić information content (AvgIpc) is 2.03. The Hall–Kier alpha value is 0.290. The van der Waals surface area contributed by atoms with E-state index in [-0.39, 0.29) is 0 Å². The summed E-state index contributed by atoms with van der Waals surface area (Å²) < 4.78 is 0. The summed E-state index contributed by atoms with van der Waals surface area (Å²) in [6, 6.07) is 0. The lowest BCUT2D eigenvalue weighted by molar-refractivity contribution is 0.377. The second-order valence-electron chi connectivity index (χ2n) is 4.03. The van der Waals surface area contributed by atoms with Gasteiger partial charge in [-0.25, -0.2) is 0 Å². The van der Waals surface area contributed by atoms with Crippen LogP contribution in [-0.2, 0) is 0 Å². The van der Waals surface area contributed by atoms with Crippen molar-refractivity contribution in [2.45, 2.75) is 58.8 Å². The highest BCUT2D eigenvalue weighted by Crippen LogP contribution is 2.23. The molecule has 0 amide bonds. The Labute approximate surface area is 82.7 Å². The largest absolute Gasteiger partial charge is 0.123 e. The van der Waals surface area contributed by atoms with Crippen LogP contribution in [0.15, 0.2) is 0 Å². The molecule has 0 aromatic rings. The minimum absolute atomic E-state index is 0.379. The van der Waals surface area contributed by atoms with Crippen LogP contribution in [0.5, 0.6) is 0 Å². The summed E-state index contributed by atoms with van der Waals surface area (Å²) in [7, 11) is 0. The first-order valence-corrected chi connectivity index (χ1v) is 5.69. The van der Waals surface area contributed by atoms with Gasteiger partial charge in [-0.1, -0.05) is 40.5 Å². The van der Waals surface area contributed by atoms with E-state index in [1.165, 1.54) is 19.3 Å². The van der Waals surface area contributed by atoms with Crippen molar-refractivity contribution < 1.29 is 0 Å². The molecule has 3 atom stereocenters. The molecule has 0 aliphatic rings. The fourth-order valence-corrected chi connectivity index (χ4v) is 1.90. The van der Waals surface area contributed by atoms with Gasteiger partial charge in [-0.3, -0.25) is 0 Å². The van der Waals surface area contributed by atoms with E-state index in [0.717, 1.165) is 12.3 Å². The van der Waals surface area contributed by atoms with Crippen molar-refractivity contribution in [2.24, 2.45) is 11.8 Å². The summed E-state index contributed by atoms with van der Waals surface area (Å²) in [6.45, 7) is 9.02. The first-order valence-electron chi connectivity index (χ1n) is 5.25. The molecule has 0 aliphatic heterocycles. The molecule has 0 saturated carbocycles. The summed E-state index contributed by atoms with van der Waals surface area (Å²) in [4.78, 5) is 0. The molecule has 0 heterocycles. The van der Waals surface area contributed by atoms with Crippen molar-refractivity contribution in [2.75, 3.05) is 0 Å². The van der Waals surface area contributed by atoms with Crippen LogP contribution in [0.4, 0.5) is 0 Å². The number of halogens is 1. The number of alkyl halides is 1. The number of hydrogen-bond donors (Lipinski definition) is 0. The Morgan fingerprint density at radius 3 is 2.17 bits per heavy atom. The second-order valence-corrected chi connectivity index (χ2v) is 4.59. The van der Waals surface area contributed by atoms with E-state index in [9.17, 15) is 0 Å². The molecule has 0 nitrogen and oxygen atoms in total. The minimum Gasteiger partial charge on any atom is -0.123 e. The molecule has 0 saturated heterocycles. The van der Waals surface area contributed by atoms with Crippen LogP contribution >= 0.6 is 11.6 Å². The van der Waals surface area contributed by atoms with E-state index < -0.39 is 0 Å². The van der Waals surface area contributed by atoms with Crippen LogP contribution in [0.1, 0.15) is 53.4 Å². The molecule has 0 N–H and O–H groups in total. The molecule has 0 aliphatic carbocycles. The molecule has 0 spiro atoms. The molecule has 0 radical (unpaired) electrons. The molecule has 0 aromatic heterocycles. The molecular weight excluding hydrogens is 168 g/mol. The van der Waals surface area contributed by atoms with Gasteiger partial charge < -0.3 is 0 Å². The fraction of sp³-hybridized carbons (Fsp3) is 1.00. The quantitative estimate of drug-likeness (QED) is 0.543. The molecule has 0 bridgehead atoms. The first-order chi connectivity index (χ1) is 5.61. The van der Waals surface area contributed by atoms with E-state index in [0.29, 0.717) is 11.3 Å². The van der Waals surface area contributed by atoms with E-state index >= 15 is 0 Å². The van der Waals surface area contributed by atoms with Crippen molar-refractivity contribution >= 4 is 11.6 Å². The molecule has 0 fully saturated rings. The molecule has 1 heteroatoms. The van der Waals surface area contributed by atoms with Crippen molar-refractivity contribution in [3.63, 3.8) is 0 Å². The normalized spacial score (nSPS) is 18.8. The summed E-state index contributed by atoms with van der Waals surface area (Å²) >= 11 is 6.16. The van der Waals surface area contributed by atoms with Crippen molar-refractivity contribution in [1.82, 2.24) is 0 Å². The van der Waals surface area contributed by atoms with Gasteiger partial charge in [-0.15, -0.1) is 11.6 Å². The maximum Gasteiger partial charge on any atom is 0.0359 e. The summed E-state index contributed by atoms with van der Waals surface area (Å²) in [5.74, 6) is 1.52. The molecule has 1 unspecified atom stereocenters. The smallest absolute Gasteiger partial charge is 0.0359 e. The van der Waals surface area contributed by atoms with Crippen molar-refractivity contribution in [1.29, 1.82) is 0 Å². The fourth-order valence-electron chi connectivity index (χ4n) is 1.80. The van der Waals surface area contributed by atoms with Gasteiger partial charge in [0.05, 0.1) is 0 Å². The monoisotopic (exact) mass is 190 g/mol. The summed E-state index contributed by atoms with van der Waals surface area (Å²) in [5.41, 5.74) is 0. The molecule has 0 aromatic carbocycles. The number of hydrogen-bond acceptors (Lipinski definition) is 0. The zero-order chi connectivity index (χ0) is 9.56. The van der Waals surface area contributed by atoms with Crippen LogP contribution in [-0.4, -0.2) is 5.38 Å². The Bertz CT molecular complexity index is 101. The van der Waals surface area contributed by atoms with E-state index in [4.69, 9.17) is 11.6 Å². The standard InChI is InChI=1S/C11H23Cl/c1-5-7-9(3)8-10(4)11(12)6-2/h9-11H,5-8H2,1-4H3/t9-,10-,11?/m0/s1.